The molecule has 0 bridgehead atoms. The van der Waals surface area contributed by atoms with Gasteiger partial charge in [0, 0.05) is 139 Å². The van der Waals surface area contributed by atoms with Crippen LogP contribution in [-0.4, -0.2) is 130 Å². The number of ether oxygens (including phenoxy) is 1. The van der Waals surface area contributed by atoms with Crippen molar-refractivity contribution >= 4 is 22.7 Å². The van der Waals surface area contributed by atoms with Gasteiger partial charge < -0.3 is 46.6 Å². The number of hydrogen-bond acceptors (Lipinski definition) is 15. The Labute approximate surface area is 420 Å². The predicted molar refractivity (Wildman–Crippen MR) is 281 cm³/mol. The van der Waals surface area contributed by atoms with Crippen LogP contribution < -0.4 is 23.2 Å². The van der Waals surface area contributed by atoms with E-state index in [0.717, 1.165) is 82.1 Å². The van der Waals surface area contributed by atoms with E-state index in [2.05, 4.69) is 63.5 Å². The molecule has 1 aromatic carbocycles. The van der Waals surface area contributed by atoms with Crippen LogP contribution in [-0.2, 0) is 36.8 Å². The van der Waals surface area contributed by atoms with E-state index in [9.17, 15) is 24.8 Å². The van der Waals surface area contributed by atoms with E-state index < -0.39 is 11.7 Å². The van der Waals surface area contributed by atoms with Gasteiger partial charge in [0.25, 0.3) is 0 Å². The third kappa shape index (κ3) is 16.7. The fraction of sp³-hybridized carbons (Fsp3) is 0.660. The van der Waals surface area contributed by atoms with Gasteiger partial charge in [-0.05, 0) is 118 Å². The molecule has 5 atom stereocenters. The molecule has 0 spiro atoms. The van der Waals surface area contributed by atoms with E-state index in [0.29, 0.717) is 81.7 Å². The molecule has 0 saturated carbocycles. The molecule has 3 aliphatic heterocycles. The lowest BCUT2D eigenvalue weighted by Crippen LogP contribution is -2.54. The Hall–Kier alpha value is -3.13. The van der Waals surface area contributed by atoms with Gasteiger partial charge in [0.05, 0.1) is 18.2 Å². The fourth-order valence-corrected chi connectivity index (χ4v) is 13.1. The molecule has 2 aromatic heterocycles. The number of rotatable bonds is 22. The third-order valence-electron chi connectivity index (χ3n) is 14.6. The standard InChI is InChI=1S/C27H41FN4O2S.C26H46N4O3S/c1-3-4-25-15-26(27(35-25)10-12-33)21-9-11-31(19(2)13-21)16-23(29)17-32(30)18-24(34)14-20-5-7-22(28)8-6-20;1-5-22-15-23(24(34-22)7-11-31)20-6-10-29(19(2)14-20)16-21(27)17-30(28)18-25(3,4)26(32)8-12-33-13-9-26/h5-8,15,17,19,21,24,33-34H,3-4,9-14,16,18,29-30H2,1-2H3;15,17,19-20,31-32H,5-14,16,18,27-28H2,1-4H3/b23-17-;21-17-. The van der Waals surface area contributed by atoms with E-state index in [1.165, 1.54) is 47.8 Å². The Bertz CT molecular complexity index is 2060. The summed E-state index contributed by atoms with van der Waals surface area (Å²) in [6.45, 7) is 18.7. The van der Waals surface area contributed by atoms with Crippen molar-refractivity contribution in [2.45, 2.75) is 154 Å². The first-order valence-corrected chi connectivity index (χ1v) is 27.1. The van der Waals surface area contributed by atoms with Crippen molar-refractivity contribution in [1.29, 1.82) is 0 Å². The van der Waals surface area contributed by atoms with Gasteiger partial charge in [-0.2, -0.15) is 0 Å². The molecule has 16 heteroatoms. The van der Waals surface area contributed by atoms with E-state index in [1.54, 1.807) is 23.3 Å². The second-order valence-corrected chi connectivity index (χ2v) is 23.0. The van der Waals surface area contributed by atoms with Gasteiger partial charge >= 0.3 is 0 Å². The number of hydrogen-bond donors (Lipinski definition) is 8. The summed E-state index contributed by atoms with van der Waals surface area (Å²) in [6.07, 6.45) is 13.6. The van der Waals surface area contributed by atoms with Gasteiger partial charge in [0.2, 0.25) is 0 Å². The van der Waals surface area contributed by atoms with Gasteiger partial charge in [0.1, 0.15) is 5.82 Å². The topological polar surface area (TPSA) is 207 Å². The maximum atomic E-state index is 13.1. The van der Waals surface area contributed by atoms with Crippen LogP contribution in [0.4, 0.5) is 4.39 Å². The Balaban J connectivity index is 0.000000258. The second-order valence-electron chi connectivity index (χ2n) is 20.6. The first-order valence-electron chi connectivity index (χ1n) is 25.5. The van der Waals surface area contributed by atoms with Crippen LogP contribution >= 0.6 is 22.7 Å². The summed E-state index contributed by atoms with van der Waals surface area (Å²) in [4.78, 5) is 10.4. The number of aliphatic hydroxyl groups excluding tert-OH is 3. The Morgan fingerprint density at radius 1 is 0.841 bits per heavy atom. The van der Waals surface area contributed by atoms with Gasteiger partial charge in [-0.15, -0.1) is 22.7 Å². The zero-order valence-corrected chi connectivity index (χ0v) is 44.2. The predicted octanol–water partition coefficient (Wildman–Crippen LogP) is 6.48. The van der Waals surface area contributed by atoms with Crippen LogP contribution in [0.3, 0.4) is 0 Å². The number of aryl methyl sites for hydroxylation is 2. The molecule has 6 rings (SSSR count). The number of nitrogens with zero attached hydrogens (tertiary/aromatic N) is 4. The molecule has 3 aromatic rings. The number of halogens is 1. The maximum Gasteiger partial charge on any atom is 0.123 e. The molecule has 69 heavy (non-hydrogen) atoms. The number of piperidine rings is 2. The fourth-order valence-electron chi connectivity index (χ4n) is 10.6. The summed E-state index contributed by atoms with van der Waals surface area (Å²) in [5.41, 5.74) is 16.7. The van der Waals surface area contributed by atoms with E-state index in [4.69, 9.17) is 27.9 Å². The Morgan fingerprint density at radius 2 is 1.35 bits per heavy atom. The zero-order valence-electron chi connectivity index (χ0n) is 42.6. The zero-order chi connectivity index (χ0) is 50.3. The lowest BCUT2D eigenvalue weighted by molar-refractivity contribution is -0.137. The first kappa shape index (κ1) is 56.8. The van der Waals surface area contributed by atoms with Crippen molar-refractivity contribution in [2.24, 2.45) is 28.6 Å². The highest BCUT2D eigenvalue weighted by molar-refractivity contribution is 7.12. The molecular formula is C53H87FN8O5S2. The van der Waals surface area contributed by atoms with Crippen LogP contribution in [0.1, 0.15) is 135 Å². The molecule has 3 fully saturated rings. The number of benzene rings is 1. The van der Waals surface area contributed by atoms with Crippen LogP contribution in [0, 0.1) is 11.2 Å². The summed E-state index contributed by atoms with van der Waals surface area (Å²) >= 11 is 3.73. The second kappa shape index (κ2) is 27.1. The minimum absolute atomic E-state index is 0.197. The molecule has 5 heterocycles. The van der Waals surface area contributed by atoms with Gasteiger partial charge in [-0.25, -0.2) is 16.1 Å². The number of thiophene rings is 2. The van der Waals surface area contributed by atoms with Crippen molar-refractivity contribution < 1.29 is 29.6 Å². The van der Waals surface area contributed by atoms with Crippen molar-refractivity contribution in [2.75, 3.05) is 65.7 Å². The molecule has 3 aliphatic rings. The molecule has 5 unspecified atom stereocenters. The number of likely N-dealkylation sites (tertiary alicyclic amines) is 2. The third-order valence-corrected chi connectivity index (χ3v) is 17.2. The highest BCUT2D eigenvalue weighted by atomic mass is 32.1. The van der Waals surface area contributed by atoms with Gasteiger partial charge in [0.15, 0.2) is 0 Å². The van der Waals surface area contributed by atoms with Crippen LogP contribution in [0.2, 0.25) is 0 Å². The minimum Gasteiger partial charge on any atom is -0.400 e. The number of nitrogens with two attached hydrogens (primary N) is 4. The van der Waals surface area contributed by atoms with Crippen LogP contribution in [0.5, 0.6) is 0 Å². The minimum atomic E-state index is -0.782. The lowest BCUT2D eigenvalue weighted by atomic mass is 9.70. The van der Waals surface area contributed by atoms with Crippen LogP contribution in [0.25, 0.3) is 0 Å². The average molecular weight is 999 g/mol. The Morgan fingerprint density at radius 3 is 1.84 bits per heavy atom. The van der Waals surface area contributed by atoms with Crippen molar-refractivity contribution in [3.8, 4) is 0 Å². The number of aliphatic hydroxyl groups is 4. The summed E-state index contributed by atoms with van der Waals surface area (Å²) in [7, 11) is 0. The molecule has 388 valence electrons. The monoisotopic (exact) mass is 999 g/mol. The molecule has 3 saturated heterocycles. The van der Waals surface area contributed by atoms with E-state index in [-0.39, 0.29) is 31.0 Å². The number of hydrazine groups is 2. The quantitative estimate of drug-likeness (QED) is 0.0402. The summed E-state index contributed by atoms with van der Waals surface area (Å²) in [6, 6.07) is 11.7. The van der Waals surface area contributed by atoms with E-state index >= 15 is 0 Å². The highest BCUT2D eigenvalue weighted by Crippen LogP contribution is 2.41. The Kier molecular flexibility index (Phi) is 22.3. The average Bonchev–Trinajstić information content (AvgIpc) is 3.90. The van der Waals surface area contributed by atoms with Crippen molar-refractivity contribution in [3.05, 3.63) is 102 Å². The normalized spacial score (nSPS) is 22.3. The summed E-state index contributed by atoms with van der Waals surface area (Å²) in [5.74, 6) is 13.2. The summed E-state index contributed by atoms with van der Waals surface area (Å²) < 4.78 is 18.5. The summed E-state index contributed by atoms with van der Waals surface area (Å²) in [5, 5.41) is 43.6. The van der Waals surface area contributed by atoms with Crippen molar-refractivity contribution in [1.82, 2.24) is 19.8 Å². The van der Waals surface area contributed by atoms with E-state index in [1.807, 2.05) is 28.9 Å². The first-order chi connectivity index (χ1) is 32.9. The van der Waals surface area contributed by atoms with Gasteiger partial charge in [-0.1, -0.05) is 46.2 Å². The van der Waals surface area contributed by atoms with Crippen molar-refractivity contribution in [3.63, 3.8) is 0 Å². The molecule has 13 nitrogen and oxygen atoms in total. The SMILES string of the molecule is CCCc1cc(C2CCN(C/C(N)=C/N(N)CC(O)Cc3ccc(F)cc3)C(C)C2)c(CCO)s1.CCc1cc(C2CCN(C/C(N)=C/N(N)CC(C)(C)C3(O)CCOCC3)C(C)C2)c(CCO)s1. The lowest BCUT2D eigenvalue weighted by Gasteiger charge is -2.46. The molecular weight excluding hydrogens is 912 g/mol. The molecule has 0 amide bonds. The van der Waals surface area contributed by atoms with Crippen LogP contribution in [0.15, 0.2) is 60.2 Å². The highest BCUT2D eigenvalue weighted by Gasteiger charge is 2.45. The maximum absolute atomic E-state index is 13.1. The molecule has 12 N–H and O–H groups in total. The molecule has 0 radical (unpaired) electrons. The largest absolute Gasteiger partial charge is 0.400 e. The smallest absolute Gasteiger partial charge is 0.123 e. The molecule has 0 aliphatic carbocycles. The van der Waals surface area contributed by atoms with Gasteiger partial charge in [-0.3, -0.25) is 9.80 Å².